The van der Waals surface area contributed by atoms with Crippen molar-refractivity contribution in [2.45, 2.75) is 32.3 Å². The highest BCUT2D eigenvalue weighted by Crippen LogP contribution is 2.34. The molecule has 0 unspecified atom stereocenters. The van der Waals surface area contributed by atoms with Crippen molar-refractivity contribution in [2.75, 3.05) is 13.7 Å². The average molecular weight is 248 g/mol. The summed E-state index contributed by atoms with van der Waals surface area (Å²) in [5, 5.41) is 0. The lowest BCUT2D eigenvalue weighted by atomic mass is 9.78. The number of ketones is 1. The molecule has 0 bridgehead atoms. The van der Waals surface area contributed by atoms with E-state index in [9.17, 15) is 4.79 Å². The van der Waals surface area contributed by atoms with Gasteiger partial charge in [-0.3, -0.25) is 4.79 Å². The molecular weight excluding hydrogens is 228 g/mol. The third-order valence-corrected chi connectivity index (χ3v) is 3.48. The summed E-state index contributed by atoms with van der Waals surface area (Å²) in [6, 6.07) is 7.42. The summed E-state index contributed by atoms with van der Waals surface area (Å²) in [6.07, 6.45) is 2.98. The first-order valence-electron chi connectivity index (χ1n) is 6.52. The molecule has 0 atom stereocenters. The van der Waals surface area contributed by atoms with Crippen LogP contribution in [0.5, 0.6) is 5.75 Å². The average Bonchev–Trinajstić information content (AvgIpc) is 2.36. The zero-order valence-electron chi connectivity index (χ0n) is 11.0. The van der Waals surface area contributed by atoms with Crippen molar-refractivity contribution in [1.29, 1.82) is 0 Å². The molecule has 0 radical (unpaired) electrons. The normalized spacial score (nSPS) is 22.3. The Hall–Kier alpha value is -1.35. The van der Waals surface area contributed by atoms with E-state index in [1.165, 1.54) is 0 Å². The topological polar surface area (TPSA) is 35.5 Å². The molecule has 3 heteroatoms. The minimum Gasteiger partial charge on any atom is -0.496 e. The molecule has 0 aliphatic heterocycles. The van der Waals surface area contributed by atoms with Crippen molar-refractivity contribution in [2.24, 2.45) is 5.92 Å². The Balaban J connectivity index is 1.89. The number of ether oxygens (including phenoxy) is 2. The number of methoxy groups -OCH3 is 1. The molecule has 1 aromatic carbocycles. The number of carbonyl (C=O) groups is 1. The largest absolute Gasteiger partial charge is 0.496 e. The monoisotopic (exact) mass is 248 g/mol. The Bertz CT molecular complexity index is 408. The third kappa shape index (κ3) is 2.91. The highest BCUT2D eigenvalue weighted by Gasteiger charge is 2.31. The van der Waals surface area contributed by atoms with Gasteiger partial charge in [0.2, 0.25) is 0 Å². The second-order valence-corrected chi connectivity index (χ2v) is 4.74. The fraction of sp³-hybridized carbons (Fsp3) is 0.533. The van der Waals surface area contributed by atoms with E-state index in [0.717, 1.165) is 19.4 Å². The molecule has 1 saturated carbocycles. The SMILES string of the molecule is CCOC1CC(CC(=O)c2ccccc2OC)C1. The highest BCUT2D eigenvalue weighted by molar-refractivity contribution is 5.98. The summed E-state index contributed by atoms with van der Waals surface area (Å²) >= 11 is 0. The minimum absolute atomic E-state index is 0.174. The second-order valence-electron chi connectivity index (χ2n) is 4.74. The summed E-state index contributed by atoms with van der Waals surface area (Å²) in [6.45, 7) is 2.77. The van der Waals surface area contributed by atoms with Gasteiger partial charge in [-0.2, -0.15) is 0 Å². The smallest absolute Gasteiger partial charge is 0.166 e. The second kappa shape index (κ2) is 6.01. The third-order valence-electron chi connectivity index (χ3n) is 3.48. The van der Waals surface area contributed by atoms with Crippen LogP contribution in [0.25, 0.3) is 0 Å². The van der Waals surface area contributed by atoms with E-state index in [-0.39, 0.29) is 5.78 Å². The van der Waals surface area contributed by atoms with Crippen LogP contribution < -0.4 is 4.74 Å². The zero-order chi connectivity index (χ0) is 13.0. The molecule has 98 valence electrons. The lowest BCUT2D eigenvalue weighted by Gasteiger charge is -2.34. The molecule has 1 aliphatic carbocycles. The molecule has 3 nitrogen and oxygen atoms in total. The fourth-order valence-corrected chi connectivity index (χ4v) is 2.46. The summed E-state index contributed by atoms with van der Waals surface area (Å²) in [4.78, 5) is 12.2. The van der Waals surface area contributed by atoms with Crippen molar-refractivity contribution in [1.82, 2.24) is 0 Å². The number of hydrogen-bond donors (Lipinski definition) is 0. The molecule has 1 aromatic rings. The number of rotatable bonds is 6. The molecule has 0 heterocycles. The number of para-hydroxylation sites is 1. The van der Waals surface area contributed by atoms with Crippen LogP contribution in [0.3, 0.4) is 0 Å². The van der Waals surface area contributed by atoms with Gasteiger partial charge in [-0.15, -0.1) is 0 Å². The maximum Gasteiger partial charge on any atom is 0.166 e. The van der Waals surface area contributed by atoms with E-state index in [4.69, 9.17) is 9.47 Å². The Kier molecular flexibility index (Phi) is 4.37. The lowest BCUT2D eigenvalue weighted by Crippen LogP contribution is -2.32. The molecule has 0 N–H and O–H groups in total. The summed E-state index contributed by atoms with van der Waals surface area (Å²) in [5.74, 6) is 1.31. The van der Waals surface area contributed by atoms with Gasteiger partial charge in [0.25, 0.3) is 0 Å². The molecule has 0 spiro atoms. The van der Waals surface area contributed by atoms with Crippen molar-refractivity contribution in [3.63, 3.8) is 0 Å². The molecular formula is C15H20O3. The first kappa shape index (κ1) is 13.1. The van der Waals surface area contributed by atoms with Crippen molar-refractivity contribution in [3.05, 3.63) is 29.8 Å². The van der Waals surface area contributed by atoms with Crippen LogP contribution in [-0.2, 0) is 4.74 Å². The highest BCUT2D eigenvalue weighted by atomic mass is 16.5. The van der Waals surface area contributed by atoms with E-state index in [1.54, 1.807) is 7.11 Å². The van der Waals surface area contributed by atoms with Crippen molar-refractivity contribution in [3.8, 4) is 5.75 Å². The molecule has 2 rings (SSSR count). The van der Waals surface area contributed by atoms with E-state index >= 15 is 0 Å². The van der Waals surface area contributed by atoms with Crippen molar-refractivity contribution < 1.29 is 14.3 Å². The van der Waals surface area contributed by atoms with Gasteiger partial charge in [0.15, 0.2) is 5.78 Å². The van der Waals surface area contributed by atoms with Gasteiger partial charge in [-0.1, -0.05) is 12.1 Å². The van der Waals surface area contributed by atoms with Crippen LogP contribution in [0.1, 0.15) is 36.5 Å². The van der Waals surface area contributed by atoms with E-state index in [0.29, 0.717) is 29.8 Å². The predicted octanol–water partition coefficient (Wildman–Crippen LogP) is 3.08. The van der Waals surface area contributed by atoms with Crippen LogP contribution in [0.15, 0.2) is 24.3 Å². The lowest BCUT2D eigenvalue weighted by molar-refractivity contribution is -0.0246. The van der Waals surface area contributed by atoms with Crippen LogP contribution in [-0.4, -0.2) is 25.6 Å². The Labute approximate surface area is 108 Å². The Morgan fingerprint density at radius 2 is 2.06 bits per heavy atom. The molecule has 0 amide bonds. The standard InChI is InChI=1S/C15H20O3/c1-3-18-12-8-11(9-12)10-14(16)13-6-4-5-7-15(13)17-2/h4-7,11-12H,3,8-10H2,1-2H3. The maximum atomic E-state index is 12.2. The number of hydrogen-bond acceptors (Lipinski definition) is 3. The molecule has 1 fully saturated rings. The minimum atomic E-state index is 0.174. The predicted molar refractivity (Wildman–Crippen MR) is 70.1 cm³/mol. The van der Waals surface area contributed by atoms with Crippen LogP contribution in [0.2, 0.25) is 0 Å². The van der Waals surface area contributed by atoms with Gasteiger partial charge in [0, 0.05) is 13.0 Å². The summed E-state index contributed by atoms with van der Waals surface area (Å²) in [5.41, 5.74) is 0.694. The van der Waals surface area contributed by atoms with E-state index in [1.807, 2.05) is 31.2 Å². The first-order chi connectivity index (χ1) is 8.74. The number of Topliss-reactive ketones (excluding diaryl/α,β-unsaturated/α-hetero) is 1. The molecule has 0 saturated heterocycles. The Morgan fingerprint density at radius 3 is 2.72 bits per heavy atom. The molecule has 18 heavy (non-hydrogen) atoms. The zero-order valence-corrected chi connectivity index (χ0v) is 11.0. The van der Waals surface area contributed by atoms with Gasteiger partial charge in [-0.25, -0.2) is 0 Å². The van der Waals surface area contributed by atoms with Gasteiger partial charge < -0.3 is 9.47 Å². The number of carbonyl (C=O) groups excluding carboxylic acids is 1. The van der Waals surface area contributed by atoms with Crippen LogP contribution in [0.4, 0.5) is 0 Å². The van der Waals surface area contributed by atoms with Gasteiger partial charge in [-0.05, 0) is 37.8 Å². The van der Waals surface area contributed by atoms with Crippen LogP contribution >= 0.6 is 0 Å². The van der Waals surface area contributed by atoms with Gasteiger partial charge >= 0.3 is 0 Å². The summed E-state index contributed by atoms with van der Waals surface area (Å²) in [7, 11) is 1.60. The number of benzene rings is 1. The Morgan fingerprint density at radius 1 is 1.33 bits per heavy atom. The van der Waals surface area contributed by atoms with Gasteiger partial charge in [0.05, 0.1) is 18.8 Å². The molecule has 0 aromatic heterocycles. The molecule has 1 aliphatic rings. The van der Waals surface area contributed by atoms with E-state index < -0.39 is 0 Å². The fourth-order valence-electron chi connectivity index (χ4n) is 2.46. The summed E-state index contributed by atoms with van der Waals surface area (Å²) < 4.78 is 10.7. The van der Waals surface area contributed by atoms with Gasteiger partial charge in [0.1, 0.15) is 5.75 Å². The first-order valence-corrected chi connectivity index (χ1v) is 6.52. The maximum absolute atomic E-state index is 12.2. The quantitative estimate of drug-likeness (QED) is 0.726. The van der Waals surface area contributed by atoms with Crippen molar-refractivity contribution >= 4 is 5.78 Å². The van der Waals surface area contributed by atoms with Crippen LogP contribution in [0, 0.1) is 5.92 Å². The van der Waals surface area contributed by atoms with E-state index in [2.05, 4.69) is 0 Å².